The molecule has 1 aliphatic rings. The molecule has 0 aromatic heterocycles. The van der Waals surface area contributed by atoms with E-state index >= 15 is 0 Å². The van der Waals surface area contributed by atoms with E-state index in [-0.39, 0.29) is 11.8 Å². The monoisotopic (exact) mass is 334 g/mol. The average molecular weight is 334 g/mol. The van der Waals surface area contributed by atoms with Crippen molar-refractivity contribution in [2.45, 2.75) is 19.8 Å². The molecular formula is C18H26N2O4. The Morgan fingerprint density at radius 2 is 2.00 bits per heavy atom. The number of hydrogen-bond acceptors (Lipinski definition) is 4. The van der Waals surface area contributed by atoms with Crippen molar-refractivity contribution >= 4 is 11.8 Å². The Hall–Kier alpha value is -2.08. The molecule has 1 aromatic rings. The summed E-state index contributed by atoms with van der Waals surface area (Å²) in [6.07, 6.45) is 1.10. The van der Waals surface area contributed by atoms with Crippen LogP contribution in [0.2, 0.25) is 0 Å². The second-order valence-corrected chi connectivity index (χ2v) is 5.85. The number of rotatable bonds is 7. The van der Waals surface area contributed by atoms with Crippen LogP contribution in [-0.2, 0) is 20.7 Å². The maximum absolute atomic E-state index is 12.2. The Morgan fingerprint density at radius 1 is 1.25 bits per heavy atom. The minimum absolute atomic E-state index is 0.00678. The van der Waals surface area contributed by atoms with E-state index in [2.05, 4.69) is 0 Å². The minimum Gasteiger partial charge on any atom is -0.497 e. The van der Waals surface area contributed by atoms with E-state index in [0.29, 0.717) is 45.8 Å². The summed E-state index contributed by atoms with van der Waals surface area (Å²) in [7, 11) is 1.64. The van der Waals surface area contributed by atoms with Crippen molar-refractivity contribution in [1.29, 1.82) is 0 Å². The molecule has 1 saturated heterocycles. The van der Waals surface area contributed by atoms with Crippen LogP contribution in [0.3, 0.4) is 0 Å². The van der Waals surface area contributed by atoms with Gasteiger partial charge in [-0.05, 0) is 24.1 Å². The van der Waals surface area contributed by atoms with Crippen LogP contribution in [0.5, 0.6) is 5.75 Å². The molecule has 6 heteroatoms. The Kier molecular flexibility index (Phi) is 7.06. The van der Waals surface area contributed by atoms with Crippen LogP contribution >= 0.6 is 0 Å². The summed E-state index contributed by atoms with van der Waals surface area (Å²) < 4.78 is 10.5. The van der Waals surface area contributed by atoms with Gasteiger partial charge in [-0.15, -0.1) is 0 Å². The zero-order chi connectivity index (χ0) is 17.4. The third-order valence-electron chi connectivity index (χ3n) is 4.21. The number of hydrogen-bond donors (Lipinski definition) is 0. The predicted molar refractivity (Wildman–Crippen MR) is 91.0 cm³/mol. The maximum atomic E-state index is 12.2. The second-order valence-electron chi connectivity index (χ2n) is 5.85. The zero-order valence-corrected chi connectivity index (χ0v) is 14.5. The summed E-state index contributed by atoms with van der Waals surface area (Å²) in [5, 5.41) is 0. The molecule has 0 spiro atoms. The Bertz CT molecular complexity index is 556. The van der Waals surface area contributed by atoms with Gasteiger partial charge >= 0.3 is 0 Å². The van der Waals surface area contributed by atoms with Gasteiger partial charge in [-0.1, -0.05) is 12.1 Å². The Balaban J connectivity index is 1.82. The maximum Gasteiger partial charge on any atom is 0.224 e. The van der Waals surface area contributed by atoms with Gasteiger partial charge in [-0.3, -0.25) is 9.59 Å². The lowest BCUT2D eigenvalue weighted by molar-refractivity contribution is -0.136. The molecule has 0 aliphatic carbocycles. The molecule has 1 aromatic carbocycles. The van der Waals surface area contributed by atoms with Crippen LogP contribution in [0, 0.1) is 0 Å². The molecule has 0 unspecified atom stereocenters. The summed E-state index contributed by atoms with van der Waals surface area (Å²) in [6.45, 7) is 5.07. The molecule has 0 atom stereocenters. The van der Waals surface area contributed by atoms with Gasteiger partial charge in [-0.2, -0.15) is 0 Å². The highest BCUT2D eigenvalue weighted by Crippen LogP contribution is 2.13. The number of benzene rings is 1. The van der Waals surface area contributed by atoms with Crippen LogP contribution in [0.25, 0.3) is 0 Å². The number of nitrogens with zero attached hydrogens (tertiary/aromatic N) is 2. The van der Waals surface area contributed by atoms with E-state index in [1.807, 2.05) is 29.2 Å². The van der Waals surface area contributed by atoms with Gasteiger partial charge in [0.1, 0.15) is 5.75 Å². The molecule has 0 N–H and O–H groups in total. The van der Waals surface area contributed by atoms with Crippen molar-refractivity contribution in [2.24, 2.45) is 0 Å². The van der Waals surface area contributed by atoms with Crippen LogP contribution in [0.15, 0.2) is 24.3 Å². The van der Waals surface area contributed by atoms with Crippen molar-refractivity contribution < 1.29 is 19.1 Å². The number of methoxy groups -OCH3 is 1. The highest BCUT2D eigenvalue weighted by molar-refractivity contribution is 5.78. The average Bonchev–Trinajstić information content (AvgIpc) is 2.62. The first-order valence-electron chi connectivity index (χ1n) is 8.34. The second kappa shape index (κ2) is 9.27. The van der Waals surface area contributed by atoms with Crippen LogP contribution in [0.1, 0.15) is 18.9 Å². The molecule has 2 amide bonds. The summed E-state index contributed by atoms with van der Waals surface area (Å²) in [5.41, 5.74) is 1.11. The fraction of sp³-hybridized carbons (Fsp3) is 0.556. The van der Waals surface area contributed by atoms with Gasteiger partial charge in [0.2, 0.25) is 11.8 Å². The largest absolute Gasteiger partial charge is 0.497 e. The van der Waals surface area contributed by atoms with E-state index in [1.165, 1.54) is 0 Å². The third kappa shape index (κ3) is 5.53. The summed E-state index contributed by atoms with van der Waals surface area (Å²) in [5.74, 6) is 0.892. The minimum atomic E-state index is -0.00678. The number of morpholine rings is 1. The predicted octanol–water partition coefficient (Wildman–Crippen LogP) is 1.34. The number of ether oxygens (including phenoxy) is 2. The Labute approximate surface area is 143 Å². The number of carbonyl (C=O) groups excluding carboxylic acids is 2. The topological polar surface area (TPSA) is 59.1 Å². The van der Waals surface area contributed by atoms with E-state index in [1.54, 1.807) is 18.9 Å². The molecule has 6 nitrogen and oxygen atoms in total. The van der Waals surface area contributed by atoms with Crippen molar-refractivity contribution in [3.63, 3.8) is 0 Å². The van der Waals surface area contributed by atoms with Gasteiger partial charge in [0.05, 0.1) is 20.3 Å². The first-order chi connectivity index (χ1) is 11.6. The van der Waals surface area contributed by atoms with E-state index < -0.39 is 0 Å². The quantitative estimate of drug-likeness (QED) is 0.755. The zero-order valence-electron chi connectivity index (χ0n) is 14.5. The highest BCUT2D eigenvalue weighted by Gasteiger charge is 2.18. The number of amides is 2. The van der Waals surface area contributed by atoms with Crippen molar-refractivity contribution in [3.8, 4) is 5.75 Å². The lowest BCUT2D eigenvalue weighted by Gasteiger charge is -2.28. The van der Waals surface area contributed by atoms with Crippen LogP contribution in [0.4, 0.5) is 0 Å². The molecule has 1 heterocycles. The van der Waals surface area contributed by atoms with Crippen molar-refractivity contribution in [2.75, 3.05) is 46.5 Å². The normalized spacial score (nSPS) is 14.3. The molecule has 1 fully saturated rings. The standard InChI is InChI=1S/C18H26N2O4/c1-15(21)19(8-6-16-4-3-5-17(14-16)23-2)9-7-18(22)20-10-12-24-13-11-20/h3-5,14H,6-13H2,1-2H3. The van der Waals surface area contributed by atoms with E-state index in [4.69, 9.17) is 9.47 Å². The molecule has 0 bridgehead atoms. The van der Waals surface area contributed by atoms with Crippen LogP contribution in [-0.4, -0.2) is 68.1 Å². The number of carbonyl (C=O) groups is 2. The molecule has 1 aliphatic heterocycles. The first-order valence-corrected chi connectivity index (χ1v) is 8.34. The lowest BCUT2D eigenvalue weighted by Crippen LogP contribution is -2.42. The fourth-order valence-electron chi connectivity index (χ4n) is 2.72. The van der Waals surface area contributed by atoms with Gasteiger partial charge in [0.15, 0.2) is 0 Å². The highest BCUT2D eigenvalue weighted by atomic mass is 16.5. The van der Waals surface area contributed by atoms with Crippen molar-refractivity contribution in [3.05, 3.63) is 29.8 Å². The summed E-state index contributed by atoms with van der Waals surface area (Å²) in [6, 6.07) is 7.82. The van der Waals surface area contributed by atoms with Crippen LogP contribution < -0.4 is 4.74 Å². The smallest absolute Gasteiger partial charge is 0.224 e. The fourth-order valence-corrected chi connectivity index (χ4v) is 2.72. The van der Waals surface area contributed by atoms with Crippen molar-refractivity contribution in [1.82, 2.24) is 9.80 Å². The molecule has 2 rings (SSSR count). The Morgan fingerprint density at radius 3 is 2.67 bits per heavy atom. The van der Waals surface area contributed by atoms with E-state index in [9.17, 15) is 9.59 Å². The molecule has 0 radical (unpaired) electrons. The molecule has 24 heavy (non-hydrogen) atoms. The van der Waals surface area contributed by atoms with Gasteiger partial charge in [0, 0.05) is 39.5 Å². The van der Waals surface area contributed by atoms with Gasteiger partial charge in [-0.25, -0.2) is 0 Å². The lowest BCUT2D eigenvalue weighted by atomic mass is 10.1. The van der Waals surface area contributed by atoms with Gasteiger partial charge in [0.25, 0.3) is 0 Å². The third-order valence-corrected chi connectivity index (χ3v) is 4.21. The summed E-state index contributed by atoms with van der Waals surface area (Å²) >= 11 is 0. The van der Waals surface area contributed by atoms with E-state index in [0.717, 1.165) is 17.7 Å². The molecule has 132 valence electrons. The summed E-state index contributed by atoms with van der Waals surface area (Å²) in [4.78, 5) is 27.6. The SMILES string of the molecule is COc1cccc(CCN(CCC(=O)N2CCOCC2)C(C)=O)c1. The van der Waals surface area contributed by atoms with Gasteiger partial charge < -0.3 is 19.3 Å². The molecular weight excluding hydrogens is 308 g/mol. The molecule has 0 saturated carbocycles. The first kappa shape index (κ1) is 18.3.